The minimum Gasteiger partial charge on any atom is -0.476 e. The molecule has 0 fully saturated rings. The van der Waals surface area contributed by atoms with Crippen LogP contribution in [0.4, 0.5) is 0 Å². The van der Waals surface area contributed by atoms with E-state index in [1.165, 1.54) is 11.3 Å². The van der Waals surface area contributed by atoms with Gasteiger partial charge in [-0.25, -0.2) is 9.78 Å². The van der Waals surface area contributed by atoms with Crippen LogP contribution in [0.1, 0.15) is 29.3 Å². The van der Waals surface area contributed by atoms with E-state index in [9.17, 15) is 9.90 Å². The van der Waals surface area contributed by atoms with Crippen molar-refractivity contribution < 1.29 is 14.6 Å². The molecule has 1 heterocycles. The van der Waals surface area contributed by atoms with Crippen molar-refractivity contribution in [3.05, 3.63) is 41.0 Å². The van der Waals surface area contributed by atoms with Crippen molar-refractivity contribution in [2.24, 2.45) is 0 Å². The number of carboxylic acid groups (broad SMARTS) is 1. The minimum atomic E-state index is -1.02. The Hall–Kier alpha value is -1.72. The van der Waals surface area contributed by atoms with E-state index < -0.39 is 11.6 Å². The quantitative estimate of drug-likeness (QED) is 0.930. The highest BCUT2D eigenvalue weighted by Gasteiger charge is 2.28. The number of carbonyl (C=O) groups is 1. The largest absolute Gasteiger partial charge is 0.476 e. The molecule has 100 valence electrons. The van der Waals surface area contributed by atoms with E-state index in [0.717, 1.165) is 5.56 Å². The van der Waals surface area contributed by atoms with E-state index in [1.54, 1.807) is 7.11 Å². The second-order valence-corrected chi connectivity index (χ2v) is 5.58. The SMILES string of the molecule is COC(C)(C)c1nc(C(=O)O)c(-c2ccccc2)s1. The smallest absolute Gasteiger partial charge is 0.356 e. The van der Waals surface area contributed by atoms with Crippen LogP contribution < -0.4 is 0 Å². The highest BCUT2D eigenvalue weighted by atomic mass is 32.1. The van der Waals surface area contributed by atoms with Crippen molar-refractivity contribution in [1.82, 2.24) is 4.98 Å². The molecule has 19 heavy (non-hydrogen) atoms. The Morgan fingerprint density at radius 1 is 1.32 bits per heavy atom. The molecule has 1 aromatic heterocycles. The Labute approximate surface area is 115 Å². The Kier molecular flexibility index (Phi) is 3.68. The Bertz CT molecular complexity index is 590. The molecule has 0 atom stereocenters. The molecule has 5 heteroatoms. The fraction of sp³-hybridized carbons (Fsp3) is 0.286. The minimum absolute atomic E-state index is 0.0799. The second kappa shape index (κ2) is 5.11. The maximum Gasteiger partial charge on any atom is 0.356 e. The van der Waals surface area contributed by atoms with Crippen LogP contribution in [0.15, 0.2) is 30.3 Å². The van der Waals surface area contributed by atoms with E-state index in [4.69, 9.17) is 4.74 Å². The molecular formula is C14H15NO3S. The van der Waals surface area contributed by atoms with Gasteiger partial charge in [0.2, 0.25) is 0 Å². The van der Waals surface area contributed by atoms with Gasteiger partial charge in [0, 0.05) is 7.11 Å². The molecule has 0 unspecified atom stereocenters. The number of aromatic nitrogens is 1. The number of aromatic carboxylic acids is 1. The molecule has 0 aliphatic heterocycles. The van der Waals surface area contributed by atoms with Crippen LogP contribution in [0.5, 0.6) is 0 Å². The molecule has 0 aliphatic carbocycles. The van der Waals surface area contributed by atoms with E-state index in [0.29, 0.717) is 9.88 Å². The summed E-state index contributed by atoms with van der Waals surface area (Å²) in [7, 11) is 1.59. The van der Waals surface area contributed by atoms with Crippen LogP contribution in [0.2, 0.25) is 0 Å². The van der Waals surface area contributed by atoms with E-state index in [1.807, 2.05) is 44.2 Å². The summed E-state index contributed by atoms with van der Waals surface area (Å²) in [5.41, 5.74) is 0.342. The summed E-state index contributed by atoms with van der Waals surface area (Å²) >= 11 is 1.36. The number of nitrogens with zero attached hydrogens (tertiary/aromatic N) is 1. The molecule has 0 saturated carbocycles. The van der Waals surface area contributed by atoms with Crippen molar-refractivity contribution in [2.45, 2.75) is 19.4 Å². The van der Waals surface area contributed by atoms with Crippen molar-refractivity contribution >= 4 is 17.3 Å². The second-order valence-electron chi connectivity index (χ2n) is 4.58. The van der Waals surface area contributed by atoms with E-state index in [-0.39, 0.29) is 5.69 Å². The summed E-state index contributed by atoms with van der Waals surface area (Å²) < 4.78 is 5.36. The molecular weight excluding hydrogens is 262 g/mol. The van der Waals surface area contributed by atoms with Gasteiger partial charge in [0.15, 0.2) is 5.69 Å². The first-order valence-electron chi connectivity index (χ1n) is 5.81. The number of benzene rings is 1. The summed E-state index contributed by atoms with van der Waals surface area (Å²) in [4.78, 5) is 16.2. The third-order valence-corrected chi connectivity index (χ3v) is 4.30. The third kappa shape index (κ3) is 2.67. The lowest BCUT2D eigenvalue weighted by Crippen LogP contribution is -2.19. The maximum atomic E-state index is 11.3. The number of rotatable bonds is 4. The first-order valence-corrected chi connectivity index (χ1v) is 6.62. The molecule has 0 saturated heterocycles. The topological polar surface area (TPSA) is 59.4 Å². The monoisotopic (exact) mass is 277 g/mol. The number of thiazole rings is 1. The summed E-state index contributed by atoms with van der Waals surface area (Å²) in [6, 6.07) is 9.40. The number of methoxy groups -OCH3 is 1. The van der Waals surface area contributed by atoms with Crippen LogP contribution >= 0.6 is 11.3 Å². The van der Waals surface area contributed by atoms with Crippen LogP contribution in [0.3, 0.4) is 0 Å². The molecule has 0 bridgehead atoms. The van der Waals surface area contributed by atoms with Crippen molar-refractivity contribution in [3.63, 3.8) is 0 Å². The van der Waals surface area contributed by atoms with Gasteiger partial charge in [0.05, 0.1) is 4.88 Å². The van der Waals surface area contributed by atoms with Crippen LogP contribution in [0, 0.1) is 0 Å². The highest BCUT2D eigenvalue weighted by Crippen LogP contribution is 2.36. The zero-order valence-electron chi connectivity index (χ0n) is 11.0. The molecule has 2 aromatic rings. The van der Waals surface area contributed by atoms with E-state index in [2.05, 4.69) is 4.98 Å². The lowest BCUT2D eigenvalue weighted by molar-refractivity contribution is 0.0189. The van der Waals surface area contributed by atoms with Crippen molar-refractivity contribution in [2.75, 3.05) is 7.11 Å². The average molecular weight is 277 g/mol. The summed E-state index contributed by atoms with van der Waals surface area (Å²) in [5, 5.41) is 9.94. The van der Waals surface area contributed by atoms with Crippen LogP contribution in [-0.4, -0.2) is 23.2 Å². The molecule has 2 rings (SSSR count). The molecule has 0 radical (unpaired) electrons. The summed E-state index contributed by atoms with van der Waals surface area (Å²) in [6.07, 6.45) is 0. The predicted octanol–water partition coefficient (Wildman–Crippen LogP) is 3.39. The zero-order chi connectivity index (χ0) is 14.0. The fourth-order valence-electron chi connectivity index (χ4n) is 1.60. The van der Waals surface area contributed by atoms with Gasteiger partial charge in [-0.05, 0) is 19.4 Å². The van der Waals surface area contributed by atoms with Crippen LogP contribution in [-0.2, 0) is 10.3 Å². The summed E-state index contributed by atoms with van der Waals surface area (Å²) in [5.74, 6) is -1.02. The first-order chi connectivity index (χ1) is 8.95. The highest BCUT2D eigenvalue weighted by molar-refractivity contribution is 7.15. The van der Waals surface area contributed by atoms with Gasteiger partial charge in [-0.3, -0.25) is 0 Å². The molecule has 1 aromatic carbocycles. The number of hydrogen-bond acceptors (Lipinski definition) is 4. The van der Waals surface area contributed by atoms with Crippen molar-refractivity contribution in [3.8, 4) is 10.4 Å². The van der Waals surface area contributed by atoms with Gasteiger partial charge < -0.3 is 9.84 Å². The van der Waals surface area contributed by atoms with Crippen LogP contribution in [0.25, 0.3) is 10.4 Å². The Morgan fingerprint density at radius 3 is 2.47 bits per heavy atom. The predicted molar refractivity (Wildman–Crippen MR) is 74.5 cm³/mol. The Balaban J connectivity index is 2.58. The molecule has 0 amide bonds. The number of ether oxygens (including phenoxy) is 1. The van der Waals surface area contributed by atoms with E-state index >= 15 is 0 Å². The summed E-state index contributed by atoms with van der Waals surface area (Å²) in [6.45, 7) is 3.73. The third-order valence-electron chi connectivity index (χ3n) is 2.89. The zero-order valence-corrected chi connectivity index (χ0v) is 11.8. The number of hydrogen-bond donors (Lipinski definition) is 1. The van der Waals surface area contributed by atoms with Gasteiger partial charge in [-0.2, -0.15) is 0 Å². The fourth-order valence-corrected chi connectivity index (χ4v) is 2.74. The lowest BCUT2D eigenvalue weighted by Gasteiger charge is -2.19. The van der Waals surface area contributed by atoms with Gasteiger partial charge in [0.25, 0.3) is 0 Å². The molecule has 4 nitrogen and oxygen atoms in total. The maximum absolute atomic E-state index is 11.3. The molecule has 0 aliphatic rings. The van der Waals surface area contributed by atoms with Gasteiger partial charge in [-0.1, -0.05) is 30.3 Å². The molecule has 1 N–H and O–H groups in total. The van der Waals surface area contributed by atoms with Gasteiger partial charge >= 0.3 is 5.97 Å². The van der Waals surface area contributed by atoms with Gasteiger partial charge in [0.1, 0.15) is 10.6 Å². The standard InChI is InChI=1S/C14H15NO3S/c1-14(2,18-3)13-15-10(12(16)17)11(19-13)9-7-5-4-6-8-9/h4-8H,1-3H3,(H,16,17). The first kappa shape index (κ1) is 13.7. The average Bonchev–Trinajstić information content (AvgIpc) is 2.85. The lowest BCUT2D eigenvalue weighted by atomic mass is 10.1. The molecule has 0 spiro atoms. The van der Waals surface area contributed by atoms with Gasteiger partial charge in [-0.15, -0.1) is 11.3 Å². The van der Waals surface area contributed by atoms with Crippen molar-refractivity contribution in [1.29, 1.82) is 0 Å². The Morgan fingerprint density at radius 2 is 1.95 bits per heavy atom. The number of carboxylic acids is 1. The normalized spacial score (nSPS) is 11.5.